The maximum Gasteiger partial charge on any atom is 0.216 e. The molecule has 0 aliphatic carbocycles. The van der Waals surface area contributed by atoms with E-state index in [2.05, 4.69) is 40.4 Å². The Balaban J connectivity index is 1.90. The highest BCUT2D eigenvalue weighted by atomic mass is 32.1. The molecule has 1 N–H and O–H groups in total. The van der Waals surface area contributed by atoms with E-state index >= 15 is 0 Å². The van der Waals surface area contributed by atoms with E-state index in [-0.39, 0.29) is 0 Å². The van der Waals surface area contributed by atoms with Gasteiger partial charge in [-0.2, -0.15) is 14.9 Å². The molecular formula is C19H18N4S. The quantitative estimate of drug-likeness (QED) is 0.547. The second-order valence-electron chi connectivity index (χ2n) is 5.57. The first-order chi connectivity index (χ1) is 11.6. The Bertz CT molecular complexity index is 932. The van der Waals surface area contributed by atoms with Gasteiger partial charge in [0.05, 0.1) is 6.21 Å². The van der Waals surface area contributed by atoms with Gasteiger partial charge in [-0.1, -0.05) is 66.2 Å². The fourth-order valence-electron chi connectivity index (χ4n) is 2.29. The van der Waals surface area contributed by atoms with Crippen molar-refractivity contribution < 1.29 is 0 Å². The molecule has 0 aliphatic heterocycles. The lowest BCUT2D eigenvalue weighted by Crippen LogP contribution is -1.95. The molecule has 0 bridgehead atoms. The minimum atomic E-state index is 0.467. The van der Waals surface area contributed by atoms with Gasteiger partial charge in [0.2, 0.25) is 4.77 Å². The van der Waals surface area contributed by atoms with Crippen LogP contribution in [0.25, 0.3) is 17.5 Å². The van der Waals surface area contributed by atoms with E-state index < -0.39 is 0 Å². The van der Waals surface area contributed by atoms with Gasteiger partial charge in [-0.25, -0.2) is 5.10 Å². The molecular weight excluding hydrogens is 316 g/mol. The fraction of sp³-hybridized carbons (Fsp3) is 0.105. The summed E-state index contributed by atoms with van der Waals surface area (Å²) >= 11 is 5.29. The van der Waals surface area contributed by atoms with Gasteiger partial charge in [0.15, 0.2) is 5.82 Å². The number of aryl methyl sites for hydroxylation is 1. The van der Waals surface area contributed by atoms with Crippen molar-refractivity contribution in [1.29, 1.82) is 0 Å². The van der Waals surface area contributed by atoms with E-state index in [9.17, 15) is 0 Å². The van der Waals surface area contributed by atoms with Crippen LogP contribution in [0.5, 0.6) is 0 Å². The van der Waals surface area contributed by atoms with Crippen molar-refractivity contribution >= 4 is 24.5 Å². The van der Waals surface area contributed by atoms with Crippen LogP contribution in [-0.2, 0) is 0 Å². The standard InChI is InChI=1S/C19H18N4S/c1-14-8-10-17(11-9-14)18-21-22-19(24)23(18)20-13-15(2)12-16-6-4-3-5-7-16/h3-13H,1-2H3,(H,22,24)/b15-12+,20-13+. The first kappa shape index (κ1) is 16.1. The molecule has 4 nitrogen and oxygen atoms in total. The number of benzene rings is 2. The third-order valence-electron chi connectivity index (χ3n) is 3.53. The average molecular weight is 334 g/mol. The smallest absolute Gasteiger partial charge is 0.216 e. The molecule has 0 atom stereocenters. The second-order valence-corrected chi connectivity index (χ2v) is 5.96. The molecule has 0 amide bonds. The van der Waals surface area contributed by atoms with Gasteiger partial charge < -0.3 is 0 Å². The molecule has 1 aromatic heterocycles. The summed E-state index contributed by atoms with van der Waals surface area (Å²) in [6, 6.07) is 18.2. The zero-order valence-corrected chi connectivity index (χ0v) is 14.4. The SMILES string of the molecule is CC(/C=N/n1c(-c2ccc(C)cc2)n[nH]c1=S)=C\c1ccccc1. The van der Waals surface area contributed by atoms with Crippen LogP contribution in [0, 0.1) is 11.7 Å². The maximum atomic E-state index is 5.29. The molecule has 3 rings (SSSR count). The van der Waals surface area contributed by atoms with E-state index in [1.807, 2.05) is 49.4 Å². The molecule has 0 spiro atoms. The van der Waals surface area contributed by atoms with Crippen molar-refractivity contribution in [3.63, 3.8) is 0 Å². The molecule has 2 aromatic carbocycles. The summed E-state index contributed by atoms with van der Waals surface area (Å²) in [6.45, 7) is 4.06. The third-order valence-corrected chi connectivity index (χ3v) is 3.80. The lowest BCUT2D eigenvalue weighted by atomic mass is 10.1. The van der Waals surface area contributed by atoms with E-state index in [0.717, 1.165) is 16.7 Å². The molecule has 0 unspecified atom stereocenters. The first-order valence-electron chi connectivity index (χ1n) is 7.65. The van der Waals surface area contributed by atoms with Crippen molar-refractivity contribution in [3.8, 4) is 11.4 Å². The molecule has 3 aromatic rings. The summed E-state index contributed by atoms with van der Waals surface area (Å²) in [7, 11) is 0. The van der Waals surface area contributed by atoms with Crippen molar-refractivity contribution in [2.24, 2.45) is 5.10 Å². The Kier molecular flexibility index (Phi) is 4.82. The Morgan fingerprint density at radius 2 is 1.83 bits per heavy atom. The number of allylic oxidation sites excluding steroid dienone is 1. The van der Waals surface area contributed by atoms with Crippen LogP contribution in [-0.4, -0.2) is 21.1 Å². The van der Waals surface area contributed by atoms with E-state index in [1.54, 1.807) is 10.9 Å². The van der Waals surface area contributed by atoms with Gasteiger partial charge in [0, 0.05) is 5.56 Å². The Hall–Kier alpha value is -2.79. The first-order valence-corrected chi connectivity index (χ1v) is 8.06. The highest BCUT2D eigenvalue weighted by molar-refractivity contribution is 7.71. The topological polar surface area (TPSA) is 46.0 Å². The van der Waals surface area contributed by atoms with Crippen LogP contribution in [0.4, 0.5) is 0 Å². The highest BCUT2D eigenvalue weighted by Crippen LogP contribution is 2.17. The number of nitrogens with zero attached hydrogens (tertiary/aromatic N) is 3. The predicted molar refractivity (Wildman–Crippen MR) is 102 cm³/mol. The van der Waals surface area contributed by atoms with Gasteiger partial charge in [0.25, 0.3) is 0 Å². The van der Waals surface area contributed by atoms with E-state index in [0.29, 0.717) is 10.6 Å². The molecule has 0 radical (unpaired) electrons. The van der Waals surface area contributed by atoms with Crippen LogP contribution >= 0.6 is 12.2 Å². The lowest BCUT2D eigenvalue weighted by molar-refractivity contribution is 0.871. The van der Waals surface area contributed by atoms with E-state index in [1.165, 1.54) is 5.56 Å². The van der Waals surface area contributed by atoms with Crippen LogP contribution in [0.2, 0.25) is 0 Å². The minimum absolute atomic E-state index is 0.467. The number of H-pyrrole nitrogens is 1. The molecule has 0 aliphatic rings. The van der Waals surface area contributed by atoms with Crippen LogP contribution in [0.1, 0.15) is 18.1 Å². The normalized spacial score (nSPS) is 12.0. The maximum absolute atomic E-state index is 5.29. The fourth-order valence-corrected chi connectivity index (χ4v) is 2.47. The largest absolute Gasteiger partial charge is 0.250 e. The van der Waals surface area contributed by atoms with Crippen LogP contribution in [0.15, 0.2) is 65.3 Å². The third kappa shape index (κ3) is 3.75. The summed E-state index contributed by atoms with van der Waals surface area (Å²) in [4.78, 5) is 0. The van der Waals surface area contributed by atoms with Crippen LogP contribution < -0.4 is 0 Å². The highest BCUT2D eigenvalue weighted by Gasteiger charge is 2.07. The zero-order valence-electron chi connectivity index (χ0n) is 13.6. The Morgan fingerprint density at radius 1 is 1.12 bits per heavy atom. The summed E-state index contributed by atoms with van der Waals surface area (Å²) < 4.78 is 2.11. The molecule has 1 heterocycles. The zero-order chi connectivity index (χ0) is 16.9. The van der Waals surface area contributed by atoms with Gasteiger partial charge in [0.1, 0.15) is 0 Å². The van der Waals surface area contributed by atoms with Gasteiger partial charge in [-0.3, -0.25) is 0 Å². The lowest BCUT2D eigenvalue weighted by Gasteiger charge is -2.01. The summed E-state index contributed by atoms with van der Waals surface area (Å²) in [6.07, 6.45) is 3.86. The van der Waals surface area contributed by atoms with E-state index in [4.69, 9.17) is 12.2 Å². The Labute approximate surface area is 146 Å². The van der Waals surface area contributed by atoms with Crippen molar-refractivity contribution in [2.45, 2.75) is 13.8 Å². The molecule has 24 heavy (non-hydrogen) atoms. The number of hydrogen-bond donors (Lipinski definition) is 1. The van der Waals surface area contributed by atoms with Gasteiger partial charge >= 0.3 is 0 Å². The number of nitrogens with one attached hydrogen (secondary N) is 1. The average Bonchev–Trinajstić information content (AvgIpc) is 2.95. The second kappa shape index (κ2) is 7.19. The molecule has 120 valence electrons. The molecule has 0 fully saturated rings. The van der Waals surface area contributed by atoms with Gasteiger partial charge in [-0.15, -0.1) is 0 Å². The number of hydrogen-bond acceptors (Lipinski definition) is 3. The summed E-state index contributed by atoms with van der Waals surface area (Å²) in [5, 5.41) is 11.6. The molecule has 5 heteroatoms. The summed E-state index contributed by atoms with van der Waals surface area (Å²) in [5.41, 5.74) is 4.33. The molecule has 0 saturated heterocycles. The number of aromatic amines is 1. The van der Waals surface area contributed by atoms with Crippen LogP contribution in [0.3, 0.4) is 0 Å². The predicted octanol–water partition coefficient (Wildman–Crippen LogP) is 4.85. The summed E-state index contributed by atoms with van der Waals surface area (Å²) in [5.74, 6) is 0.698. The monoisotopic (exact) mass is 334 g/mol. The molecule has 0 saturated carbocycles. The number of rotatable bonds is 4. The number of aromatic nitrogens is 3. The van der Waals surface area contributed by atoms with Crippen molar-refractivity contribution in [1.82, 2.24) is 14.9 Å². The Morgan fingerprint density at radius 3 is 2.54 bits per heavy atom. The minimum Gasteiger partial charge on any atom is -0.250 e. The van der Waals surface area contributed by atoms with Crippen molar-refractivity contribution in [3.05, 3.63) is 76.1 Å². The van der Waals surface area contributed by atoms with Gasteiger partial charge in [-0.05, 0) is 37.2 Å². The van der Waals surface area contributed by atoms with Crippen molar-refractivity contribution in [2.75, 3.05) is 0 Å².